The number of cyclic esters (lactones) is 3. The van der Waals surface area contributed by atoms with Crippen LogP contribution in [0.15, 0.2) is 59.9 Å². The summed E-state index contributed by atoms with van der Waals surface area (Å²) in [6.07, 6.45) is 10.8. The molecule has 22 heavy (non-hydrogen) atoms. The van der Waals surface area contributed by atoms with E-state index < -0.39 is 23.8 Å². The smallest absolute Gasteiger partial charge is 0.321 e. The summed E-state index contributed by atoms with van der Waals surface area (Å²) in [5.41, 5.74) is 1.63. The van der Waals surface area contributed by atoms with Gasteiger partial charge in [-0.2, -0.15) is 0 Å². The Balaban J connectivity index is 1.67. The van der Waals surface area contributed by atoms with Crippen molar-refractivity contribution in [1.82, 2.24) is 0 Å². The van der Waals surface area contributed by atoms with Crippen LogP contribution in [-0.2, 0) is 23.9 Å². The topological polar surface area (TPSA) is 69.7 Å². The van der Waals surface area contributed by atoms with Gasteiger partial charge in [-0.15, -0.1) is 0 Å². The quantitative estimate of drug-likeness (QED) is 0.543. The number of ether oxygens (including phenoxy) is 2. The number of carbonyl (C=O) groups is 3. The van der Waals surface area contributed by atoms with Gasteiger partial charge in [0, 0.05) is 0 Å². The minimum Gasteiger partial charge on any atom is -0.431 e. The Morgan fingerprint density at radius 1 is 0.727 bits per heavy atom. The van der Waals surface area contributed by atoms with Gasteiger partial charge >= 0.3 is 17.9 Å². The van der Waals surface area contributed by atoms with Crippen molar-refractivity contribution in [2.24, 2.45) is 23.7 Å². The van der Waals surface area contributed by atoms with Crippen LogP contribution >= 0.6 is 0 Å². The normalized spacial score (nSPS) is 35.6. The van der Waals surface area contributed by atoms with Crippen LogP contribution in [0.25, 0.3) is 0 Å². The molecule has 0 amide bonds. The number of allylic oxidation sites excluding steroid dienone is 5. The average molecular weight is 296 g/mol. The number of rotatable bonds is 1. The van der Waals surface area contributed by atoms with Crippen molar-refractivity contribution in [3.63, 3.8) is 0 Å². The van der Waals surface area contributed by atoms with Crippen LogP contribution in [0.5, 0.6) is 0 Å². The summed E-state index contributed by atoms with van der Waals surface area (Å²) >= 11 is 0. The molecule has 0 radical (unpaired) electrons. The molecule has 4 rings (SSSR count). The molecule has 2 fully saturated rings. The Hall–Kier alpha value is -2.69. The highest BCUT2D eigenvalue weighted by atomic mass is 16.6. The summed E-state index contributed by atoms with van der Waals surface area (Å²) < 4.78 is 9.71. The zero-order valence-corrected chi connectivity index (χ0v) is 11.5. The third-order valence-electron chi connectivity index (χ3n) is 4.41. The SMILES string of the molecule is C=C1OC(=O)C2C=C(C3=CC4C(=O)OC(=O)C4C=C3)C=CC12. The van der Waals surface area contributed by atoms with Gasteiger partial charge in [0.05, 0.1) is 23.7 Å². The van der Waals surface area contributed by atoms with Gasteiger partial charge in [0.1, 0.15) is 5.76 Å². The minimum absolute atomic E-state index is 0.129. The van der Waals surface area contributed by atoms with Gasteiger partial charge in [-0.1, -0.05) is 43.0 Å². The fourth-order valence-corrected chi connectivity index (χ4v) is 3.21. The van der Waals surface area contributed by atoms with Crippen LogP contribution < -0.4 is 0 Å². The Morgan fingerprint density at radius 3 is 1.91 bits per heavy atom. The summed E-state index contributed by atoms with van der Waals surface area (Å²) in [6, 6.07) is 0. The predicted molar refractivity (Wildman–Crippen MR) is 74.7 cm³/mol. The van der Waals surface area contributed by atoms with Gasteiger partial charge < -0.3 is 9.47 Å². The highest BCUT2D eigenvalue weighted by Crippen LogP contribution is 2.40. The van der Waals surface area contributed by atoms with Gasteiger partial charge in [0.25, 0.3) is 0 Å². The van der Waals surface area contributed by atoms with E-state index in [1.54, 1.807) is 18.2 Å². The maximum atomic E-state index is 11.8. The molecule has 0 N–H and O–H groups in total. The summed E-state index contributed by atoms with van der Waals surface area (Å²) in [7, 11) is 0. The van der Waals surface area contributed by atoms with E-state index in [4.69, 9.17) is 4.74 Å². The first-order chi connectivity index (χ1) is 10.5. The highest BCUT2D eigenvalue weighted by Gasteiger charge is 2.44. The largest absolute Gasteiger partial charge is 0.431 e. The van der Waals surface area contributed by atoms with Crippen LogP contribution in [0.3, 0.4) is 0 Å². The molecule has 5 heteroatoms. The Bertz CT molecular complexity index is 685. The molecular formula is C17H12O5. The first kappa shape index (κ1) is 13.0. The zero-order valence-electron chi connectivity index (χ0n) is 11.5. The molecule has 0 spiro atoms. The molecule has 0 aromatic rings. The van der Waals surface area contributed by atoms with Crippen molar-refractivity contribution in [3.8, 4) is 0 Å². The maximum absolute atomic E-state index is 11.8. The lowest BCUT2D eigenvalue weighted by molar-refractivity contribution is -0.153. The summed E-state index contributed by atoms with van der Waals surface area (Å²) in [4.78, 5) is 35.0. The molecule has 2 aliphatic carbocycles. The van der Waals surface area contributed by atoms with Crippen LogP contribution in [0.1, 0.15) is 0 Å². The van der Waals surface area contributed by atoms with Crippen molar-refractivity contribution in [1.29, 1.82) is 0 Å². The zero-order chi connectivity index (χ0) is 15.4. The Morgan fingerprint density at radius 2 is 1.23 bits per heavy atom. The van der Waals surface area contributed by atoms with Gasteiger partial charge in [0.2, 0.25) is 0 Å². The van der Waals surface area contributed by atoms with Gasteiger partial charge in [0.15, 0.2) is 0 Å². The summed E-state index contributed by atoms with van der Waals surface area (Å²) in [5, 5.41) is 0. The third kappa shape index (κ3) is 1.75. The molecule has 0 saturated carbocycles. The van der Waals surface area contributed by atoms with Crippen molar-refractivity contribution < 1.29 is 23.9 Å². The second-order valence-corrected chi connectivity index (χ2v) is 5.69. The summed E-state index contributed by atoms with van der Waals surface area (Å²) in [6.45, 7) is 3.74. The van der Waals surface area contributed by atoms with Crippen LogP contribution in [0.4, 0.5) is 0 Å². The van der Waals surface area contributed by atoms with E-state index in [1.807, 2.05) is 18.2 Å². The van der Waals surface area contributed by atoms with E-state index >= 15 is 0 Å². The number of hydrogen-bond donors (Lipinski definition) is 0. The number of fused-ring (bicyclic) bond motifs is 2. The molecule has 2 aliphatic heterocycles. The molecule has 0 aromatic heterocycles. The summed E-state index contributed by atoms with van der Waals surface area (Å²) in [5.74, 6) is -2.51. The molecule has 2 saturated heterocycles. The molecule has 2 heterocycles. The first-order valence-electron chi connectivity index (χ1n) is 7.01. The predicted octanol–water partition coefficient (Wildman–Crippen LogP) is 1.60. The van der Waals surface area contributed by atoms with Crippen molar-refractivity contribution >= 4 is 17.9 Å². The lowest BCUT2D eigenvalue weighted by Gasteiger charge is -2.19. The molecular weight excluding hydrogens is 284 g/mol. The molecule has 0 bridgehead atoms. The van der Waals surface area contributed by atoms with E-state index in [0.717, 1.165) is 11.1 Å². The average Bonchev–Trinajstić information content (AvgIpc) is 2.96. The molecule has 4 unspecified atom stereocenters. The van der Waals surface area contributed by atoms with E-state index in [-0.39, 0.29) is 17.8 Å². The Labute approximate surface area is 126 Å². The van der Waals surface area contributed by atoms with Gasteiger partial charge in [-0.3, -0.25) is 14.4 Å². The molecule has 4 aliphatic rings. The first-order valence-corrected chi connectivity index (χ1v) is 7.01. The Kier molecular flexibility index (Phi) is 2.60. The highest BCUT2D eigenvalue weighted by molar-refractivity contribution is 5.99. The second kappa shape index (κ2) is 4.40. The van der Waals surface area contributed by atoms with Crippen molar-refractivity contribution in [3.05, 3.63) is 59.9 Å². The second-order valence-electron chi connectivity index (χ2n) is 5.69. The van der Waals surface area contributed by atoms with E-state index in [2.05, 4.69) is 11.3 Å². The number of hydrogen-bond acceptors (Lipinski definition) is 5. The molecule has 5 nitrogen and oxygen atoms in total. The minimum atomic E-state index is -0.579. The van der Waals surface area contributed by atoms with Crippen LogP contribution in [0.2, 0.25) is 0 Å². The standard InChI is InChI=1S/C17H12O5/c1-8-11-4-2-9(6-13(11)16(19)21-8)10-3-5-12-14(7-10)17(20)22-15(12)18/h2-7,11-14H,1H2. The third-order valence-corrected chi connectivity index (χ3v) is 4.41. The fraction of sp³-hybridized carbons (Fsp3) is 0.235. The van der Waals surface area contributed by atoms with Crippen LogP contribution in [-0.4, -0.2) is 17.9 Å². The van der Waals surface area contributed by atoms with E-state index in [0.29, 0.717) is 5.76 Å². The van der Waals surface area contributed by atoms with Crippen LogP contribution in [0, 0.1) is 23.7 Å². The molecule has 4 atom stereocenters. The number of carbonyl (C=O) groups excluding carboxylic acids is 3. The molecule has 110 valence electrons. The fourth-order valence-electron chi connectivity index (χ4n) is 3.21. The molecule has 0 aromatic carbocycles. The van der Waals surface area contributed by atoms with Crippen molar-refractivity contribution in [2.75, 3.05) is 0 Å². The lowest BCUT2D eigenvalue weighted by Crippen LogP contribution is -2.18. The monoisotopic (exact) mass is 296 g/mol. The van der Waals surface area contributed by atoms with E-state index in [9.17, 15) is 14.4 Å². The maximum Gasteiger partial charge on any atom is 0.321 e. The van der Waals surface area contributed by atoms with E-state index in [1.165, 1.54) is 0 Å². The lowest BCUT2D eigenvalue weighted by atomic mass is 9.81. The van der Waals surface area contributed by atoms with Gasteiger partial charge in [-0.05, 0) is 11.1 Å². The number of esters is 3. The van der Waals surface area contributed by atoms with Gasteiger partial charge in [-0.25, -0.2) is 0 Å². The van der Waals surface area contributed by atoms with Crippen molar-refractivity contribution in [2.45, 2.75) is 0 Å².